The second-order valence-corrected chi connectivity index (χ2v) is 9.21. The first-order valence-corrected chi connectivity index (χ1v) is 12.2. The van der Waals surface area contributed by atoms with Crippen molar-refractivity contribution in [3.05, 3.63) is 101 Å². The zero-order chi connectivity index (χ0) is 23.0. The average molecular weight is 442 g/mol. The van der Waals surface area contributed by atoms with Crippen molar-refractivity contribution >= 4 is 5.91 Å². The third-order valence-corrected chi connectivity index (χ3v) is 6.85. The number of rotatable bonds is 8. The van der Waals surface area contributed by atoms with Crippen molar-refractivity contribution in [2.24, 2.45) is 5.92 Å². The fourth-order valence-electron chi connectivity index (χ4n) is 4.83. The van der Waals surface area contributed by atoms with Crippen LogP contribution >= 0.6 is 0 Å². The SMILES string of the molecule is Cc1ccccc1C(NC(=O)C1CCN(CCCc2ccccc2)CC1)c1ncccc1C. The summed E-state index contributed by atoms with van der Waals surface area (Å²) in [6, 6.07) is 22.7. The van der Waals surface area contributed by atoms with Crippen LogP contribution in [0.15, 0.2) is 72.9 Å². The van der Waals surface area contributed by atoms with Gasteiger partial charge in [-0.1, -0.05) is 60.7 Å². The van der Waals surface area contributed by atoms with Gasteiger partial charge in [0.2, 0.25) is 5.91 Å². The van der Waals surface area contributed by atoms with Crippen LogP contribution in [0.1, 0.15) is 53.3 Å². The van der Waals surface area contributed by atoms with Gasteiger partial charge >= 0.3 is 0 Å². The van der Waals surface area contributed by atoms with E-state index < -0.39 is 0 Å². The molecular weight excluding hydrogens is 406 g/mol. The van der Waals surface area contributed by atoms with E-state index in [0.29, 0.717) is 0 Å². The van der Waals surface area contributed by atoms with Gasteiger partial charge in [0.15, 0.2) is 0 Å². The fraction of sp³-hybridized carbons (Fsp3) is 0.379. The lowest BCUT2D eigenvalue weighted by molar-refractivity contribution is -0.127. The van der Waals surface area contributed by atoms with E-state index in [-0.39, 0.29) is 17.9 Å². The fourth-order valence-corrected chi connectivity index (χ4v) is 4.83. The van der Waals surface area contributed by atoms with Crippen molar-refractivity contribution in [2.75, 3.05) is 19.6 Å². The standard InChI is InChI=1S/C29H35N3O/c1-22-10-6-7-15-26(22)28(27-23(2)11-8-18-30-27)31-29(33)25-16-20-32(21-17-25)19-9-14-24-12-4-3-5-13-24/h3-8,10-13,15,18,25,28H,9,14,16-17,19-21H2,1-2H3,(H,31,33). The molecular formula is C29H35N3O. The monoisotopic (exact) mass is 441 g/mol. The summed E-state index contributed by atoms with van der Waals surface area (Å²) in [6.07, 6.45) is 5.92. The summed E-state index contributed by atoms with van der Waals surface area (Å²) in [4.78, 5) is 20.5. The van der Waals surface area contributed by atoms with Crippen LogP contribution in [0.3, 0.4) is 0 Å². The van der Waals surface area contributed by atoms with E-state index in [1.807, 2.05) is 24.4 Å². The summed E-state index contributed by atoms with van der Waals surface area (Å²) in [5, 5.41) is 3.36. The van der Waals surface area contributed by atoms with Crippen LogP contribution in [0.4, 0.5) is 0 Å². The lowest BCUT2D eigenvalue weighted by atomic mass is 9.92. The highest BCUT2D eigenvalue weighted by atomic mass is 16.2. The molecule has 1 aromatic heterocycles. The minimum atomic E-state index is -0.219. The van der Waals surface area contributed by atoms with Gasteiger partial charge in [0, 0.05) is 12.1 Å². The van der Waals surface area contributed by atoms with Crippen molar-refractivity contribution in [3.8, 4) is 0 Å². The maximum Gasteiger partial charge on any atom is 0.224 e. The van der Waals surface area contributed by atoms with Gasteiger partial charge in [0.1, 0.15) is 0 Å². The van der Waals surface area contributed by atoms with E-state index in [9.17, 15) is 4.79 Å². The number of pyridine rings is 1. The van der Waals surface area contributed by atoms with Gasteiger partial charge in [-0.15, -0.1) is 0 Å². The van der Waals surface area contributed by atoms with Crippen LogP contribution in [-0.2, 0) is 11.2 Å². The smallest absolute Gasteiger partial charge is 0.224 e. The molecule has 0 aliphatic carbocycles. The Morgan fingerprint density at radius 2 is 1.67 bits per heavy atom. The number of aromatic nitrogens is 1. The maximum absolute atomic E-state index is 13.3. The zero-order valence-electron chi connectivity index (χ0n) is 19.8. The molecule has 1 amide bonds. The maximum atomic E-state index is 13.3. The summed E-state index contributed by atoms with van der Waals surface area (Å²) in [7, 11) is 0. The number of amides is 1. The molecule has 1 atom stereocenters. The number of carbonyl (C=O) groups is 1. The molecule has 4 heteroatoms. The number of carbonyl (C=O) groups excluding carboxylic acids is 1. The number of likely N-dealkylation sites (tertiary alicyclic amines) is 1. The quantitative estimate of drug-likeness (QED) is 0.519. The highest BCUT2D eigenvalue weighted by molar-refractivity contribution is 5.79. The van der Waals surface area contributed by atoms with Crippen molar-refractivity contribution < 1.29 is 4.79 Å². The van der Waals surface area contributed by atoms with E-state index in [1.165, 1.54) is 11.1 Å². The molecule has 1 aliphatic heterocycles. The Bertz CT molecular complexity index is 996. The van der Waals surface area contributed by atoms with Crippen molar-refractivity contribution in [1.29, 1.82) is 0 Å². The number of piperidine rings is 1. The molecule has 1 saturated heterocycles. The number of hydrogen-bond acceptors (Lipinski definition) is 3. The van der Waals surface area contributed by atoms with Gasteiger partial charge < -0.3 is 10.2 Å². The average Bonchev–Trinajstić information content (AvgIpc) is 2.85. The molecule has 1 unspecified atom stereocenters. The lowest BCUT2D eigenvalue weighted by Gasteiger charge is -2.32. The summed E-state index contributed by atoms with van der Waals surface area (Å²) in [5.74, 6) is 0.211. The molecule has 1 fully saturated rings. The molecule has 1 N–H and O–H groups in total. The Balaban J connectivity index is 1.35. The molecule has 4 rings (SSSR count). The van der Waals surface area contributed by atoms with Crippen LogP contribution in [0, 0.1) is 19.8 Å². The minimum absolute atomic E-state index is 0.0610. The second-order valence-electron chi connectivity index (χ2n) is 9.21. The predicted octanol–water partition coefficient (Wildman–Crippen LogP) is 5.25. The summed E-state index contributed by atoms with van der Waals surface area (Å²) in [6.45, 7) is 7.24. The summed E-state index contributed by atoms with van der Waals surface area (Å²) < 4.78 is 0. The normalized spacial score (nSPS) is 15.8. The van der Waals surface area contributed by atoms with Gasteiger partial charge in [-0.05, 0) is 87.5 Å². The molecule has 0 spiro atoms. The summed E-state index contributed by atoms with van der Waals surface area (Å²) >= 11 is 0. The van der Waals surface area contributed by atoms with Gasteiger partial charge in [-0.3, -0.25) is 9.78 Å². The van der Waals surface area contributed by atoms with Crippen LogP contribution in [0.2, 0.25) is 0 Å². The van der Waals surface area contributed by atoms with Crippen LogP contribution in [0.25, 0.3) is 0 Å². The molecule has 0 radical (unpaired) electrons. The molecule has 33 heavy (non-hydrogen) atoms. The van der Waals surface area contributed by atoms with Gasteiger partial charge in [0.25, 0.3) is 0 Å². The Morgan fingerprint density at radius 1 is 0.970 bits per heavy atom. The molecule has 1 aliphatic rings. The van der Waals surface area contributed by atoms with Crippen LogP contribution in [0.5, 0.6) is 0 Å². The van der Waals surface area contributed by atoms with E-state index in [4.69, 9.17) is 0 Å². The highest BCUT2D eigenvalue weighted by Gasteiger charge is 2.28. The molecule has 4 nitrogen and oxygen atoms in total. The molecule has 172 valence electrons. The first-order chi connectivity index (χ1) is 16.1. The van der Waals surface area contributed by atoms with E-state index in [2.05, 4.69) is 77.6 Å². The molecule has 0 saturated carbocycles. The van der Waals surface area contributed by atoms with E-state index in [0.717, 1.165) is 62.1 Å². The van der Waals surface area contributed by atoms with Gasteiger partial charge in [-0.25, -0.2) is 0 Å². The summed E-state index contributed by atoms with van der Waals surface area (Å²) in [5.41, 5.74) is 5.71. The Labute approximate surface area is 198 Å². The van der Waals surface area contributed by atoms with E-state index in [1.54, 1.807) is 0 Å². The number of hydrogen-bond donors (Lipinski definition) is 1. The Kier molecular flexibility index (Phi) is 7.90. The Morgan fingerprint density at radius 3 is 2.39 bits per heavy atom. The third kappa shape index (κ3) is 6.08. The largest absolute Gasteiger partial charge is 0.343 e. The number of nitrogens with zero attached hydrogens (tertiary/aromatic N) is 2. The van der Waals surface area contributed by atoms with Gasteiger partial charge in [0.05, 0.1) is 11.7 Å². The second kappa shape index (κ2) is 11.2. The molecule has 0 bridgehead atoms. The topological polar surface area (TPSA) is 45.2 Å². The van der Waals surface area contributed by atoms with Gasteiger partial charge in [-0.2, -0.15) is 0 Å². The van der Waals surface area contributed by atoms with Crippen molar-refractivity contribution in [3.63, 3.8) is 0 Å². The first-order valence-electron chi connectivity index (χ1n) is 12.2. The predicted molar refractivity (Wildman–Crippen MR) is 134 cm³/mol. The zero-order valence-corrected chi connectivity index (χ0v) is 19.8. The third-order valence-electron chi connectivity index (χ3n) is 6.85. The first kappa shape index (κ1) is 23.2. The minimum Gasteiger partial charge on any atom is -0.343 e. The molecule has 3 aromatic rings. The van der Waals surface area contributed by atoms with Crippen molar-refractivity contribution in [1.82, 2.24) is 15.2 Å². The molecule has 2 aromatic carbocycles. The number of benzene rings is 2. The van der Waals surface area contributed by atoms with Crippen LogP contribution in [-0.4, -0.2) is 35.4 Å². The van der Waals surface area contributed by atoms with E-state index >= 15 is 0 Å². The van der Waals surface area contributed by atoms with Crippen LogP contribution < -0.4 is 5.32 Å². The number of nitrogens with one attached hydrogen (secondary N) is 1. The van der Waals surface area contributed by atoms with Crippen molar-refractivity contribution in [2.45, 2.75) is 45.6 Å². The lowest BCUT2D eigenvalue weighted by Crippen LogP contribution is -2.42. The Hall–Kier alpha value is -2.98. The highest BCUT2D eigenvalue weighted by Crippen LogP contribution is 2.27. The molecule has 2 heterocycles. The number of aryl methyl sites for hydroxylation is 3.